The highest BCUT2D eigenvalue weighted by atomic mass is 35.5. The summed E-state index contributed by atoms with van der Waals surface area (Å²) in [7, 11) is 1.64. The molecule has 1 aliphatic carbocycles. The normalized spacial score (nSPS) is 17.9. The largest absolute Gasteiger partial charge is 0.474 e. The molecule has 0 unspecified atom stereocenters. The Kier molecular flexibility index (Phi) is 10.1. The second-order valence-electron chi connectivity index (χ2n) is 14.3. The summed E-state index contributed by atoms with van der Waals surface area (Å²) in [5.74, 6) is -0.306. The maximum Gasteiger partial charge on any atom is 0.415 e. The number of nitrogens with zero attached hydrogens (tertiary/aromatic N) is 4. The Balaban J connectivity index is 1.40. The molecule has 2 atom stereocenters. The third-order valence-electron chi connectivity index (χ3n) is 8.24. The van der Waals surface area contributed by atoms with Gasteiger partial charge in [-0.15, -0.1) is 0 Å². The molecular weight excluding hydrogens is 657 g/mol. The van der Waals surface area contributed by atoms with E-state index in [9.17, 15) is 14.4 Å². The minimum absolute atomic E-state index is 0.134. The van der Waals surface area contributed by atoms with Gasteiger partial charge in [-0.2, -0.15) is 0 Å². The molecule has 1 N–H and O–H groups in total. The lowest BCUT2D eigenvalue weighted by Gasteiger charge is -2.37. The second kappa shape index (κ2) is 13.9. The Morgan fingerprint density at radius 3 is 2.41 bits per heavy atom. The Morgan fingerprint density at radius 2 is 1.71 bits per heavy atom. The Labute approximate surface area is 290 Å². The van der Waals surface area contributed by atoms with Crippen molar-refractivity contribution in [2.45, 2.75) is 97.5 Å². The van der Waals surface area contributed by atoms with Crippen LogP contribution in [0.4, 0.5) is 30.3 Å². The predicted octanol–water partition coefficient (Wildman–Crippen LogP) is 8.26. The van der Waals surface area contributed by atoms with Crippen LogP contribution in [-0.2, 0) is 14.2 Å². The van der Waals surface area contributed by atoms with Crippen LogP contribution in [0.3, 0.4) is 0 Å². The highest BCUT2D eigenvalue weighted by Gasteiger charge is 2.36. The number of carbonyl (C=O) groups excluding carboxylic acids is 3. The van der Waals surface area contributed by atoms with E-state index in [1.54, 1.807) is 67.6 Å². The van der Waals surface area contributed by atoms with E-state index in [1.807, 2.05) is 0 Å². The van der Waals surface area contributed by atoms with E-state index in [-0.39, 0.29) is 41.5 Å². The highest BCUT2D eigenvalue weighted by molar-refractivity contribution is 6.36. The van der Waals surface area contributed by atoms with E-state index < -0.39 is 41.4 Å². The van der Waals surface area contributed by atoms with Crippen LogP contribution in [0, 0.1) is 12.7 Å². The van der Waals surface area contributed by atoms with Gasteiger partial charge in [0.1, 0.15) is 41.2 Å². The Hall–Kier alpha value is -4.39. The summed E-state index contributed by atoms with van der Waals surface area (Å²) in [6.07, 6.45) is 3.46. The number of amides is 3. The molecule has 264 valence electrons. The predicted molar refractivity (Wildman–Crippen MR) is 184 cm³/mol. The molecule has 3 amide bonds. The maximum atomic E-state index is 15.9. The average Bonchev–Trinajstić information content (AvgIpc) is 3.01. The summed E-state index contributed by atoms with van der Waals surface area (Å²) in [6.45, 7) is 12.9. The third kappa shape index (κ3) is 8.09. The van der Waals surface area contributed by atoms with Crippen LogP contribution in [0.15, 0.2) is 24.5 Å². The van der Waals surface area contributed by atoms with Gasteiger partial charge in [0.15, 0.2) is 0 Å². The molecule has 3 aromatic rings. The molecule has 1 aliphatic heterocycles. The summed E-state index contributed by atoms with van der Waals surface area (Å²) in [4.78, 5) is 50.5. The first kappa shape index (κ1) is 35.9. The van der Waals surface area contributed by atoms with Crippen molar-refractivity contribution in [3.05, 3.63) is 40.9 Å². The fraction of sp³-hybridized carbons (Fsp3) is 0.514. The fourth-order valence-corrected chi connectivity index (χ4v) is 6.26. The van der Waals surface area contributed by atoms with Gasteiger partial charge < -0.3 is 23.8 Å². The number of ether oxygens (including phenoxy) is 4. The number of anilines is 2. The number of pyridine rings is 2. The zero-order valence-corrected chi connectivity index (χ0v) is 29.9. The Morgan fingerprint density at radius 1 is 1.02 bits per heavy atom. The molecule has 2 aromatic heterocycles. The van der Waals surface area contributed by atoms with Gasteiger partial charge in [-0.25, -0.2) is 28.7 Å². The number of benzene rings is 1. The first-order chi connectivity index (χ1) is 22.9. The summed E-state index contributed by atoms with van der Waals surface area (Å²) in [5.41, 5.74) is 0.0570. The molecule has 0 radical (unpaired) electrons. The van der Waals surface area contributed by atoms with Gasteiger partial charge in [-0.05, 0) is 90.8 Å². The van der Waals surface area contributed by atoms with E-state index in [2.05, 4.69) is 15.3 Å². The van der Waals surface area contributed by atoms with Crippen LogP contribution in [0.1, 0.15) is 72.8 Å². The smallest absolute Gasteiger partial charge is 0.415 e. The molecule has 1 saturated carbocycles. The van der Waals surface area contributed by atoms with E-state index in [1.165, 1.54) is 22.2 Å². The van der Waals surface area contributed by atoms with Crippen molar-refractivity contribution in [3.63, 3.8) is 0 Å². The number of hydrogen-bond donors (Lipinski definition) is 1. The molecular formula is C35H43ClFN5O7. The summed E-state index contributed by atoms with van der Waals surface area (Å²) in [6, 6.07) is 2.79. The number of rotatable bonds is 4. The molecule has 3 heterocycles. The molecule has 1 aromatic carbocycles. The fourth-order valence-electron chi connectivity index (χ4n) is 6.00. The summed E-state index contributed by atoms with van der Waals surface area (Å²) >= 11 is 6.53. The first-order valence-electron chi connectivity index (χ1n) is 16.3. The molecule has 5 rings (SSSR count). The standard InChI is InChI=1S/C35H43ClFN5O7/c1-19-22(17-39-30-29(19)42(13-14-46-30)33(45)49-35(5,6)7)21-15-20-16-26(38-18-23(20)27(36)28(21)37)40-31(43)47-25-12-10-9-11-24(25)41(8)32(44)48-34(2,3)4/h15-18,24-25H,9-14H2,1-8H3,(H,38,40,43)/t24-,25-/m0/s1. The van der Waals surface area contributed by atoms with Gasteiger partial charge in [0.05, 0.1) is 17.6 Å². The lowest BCUT2D eigenvalue weighted by molar-refractivity contribution is -0.0123. The average molecular weight is 700 g/mol. The van der Waals surface area contributed by atoms with Crippen molar-refractivity contribution >= 4 is 52.2 Å². The van der Waals surface area contributed by atoms with Crippen molar-refractivity contribution in [3.8, 4) is 17.0 Å². The van der Waals surface area contributed by atoms with Crippen LogP contribution >= 0.6 is 11.6 Å². The minimum Gasteiger partial charge on any atom is -0.474 e. The van der Waals surface area contributed by atoms with Gasteiger partial charge in [-0.1, -0.05) is 18.0 Å². The number of hydrogen-bond acceptors (Lipinski definition) is 9. The van der Waals surface area contributed by atoms with E-state index >= 15 is 4.39 Å². The number of carbonyl (C=O) groups is 3. The lowest BCUT2D eigenvalue weighted by Crippen LogP contribution is -2.49. The van der Waals surface area contributed by atoms with E-state index in [0.717, 1.165) is 12.8 Å². The maximum absolute atomic E-state index is 15.9. The monoisotopic (exact) mass is 699 g/mol. The quantitative estimate of drug-likeness (QED) is 0.267. The van der Waals surface area contributed by atoms with E-state index in [4.69, 9.17) is 30.5 Å². The van der Waals surface area contributed by atoms with Crippen LogP contribution in [-0.4, -0.2) is 76.7 Å². The molecule has 14 heteroatoms. The van der Waals surface area contributed by atoms with Crippen LogP contribution in [0.5, 0.6) is 5.88 Å². The van der Waals surface area contributed by atoms with Crippen molar-refractivity contribution in [2.24, 2.45) is 0 Å². The van der Waals surface area contributed by atoms with Crippen molar-refractivity contribution in [1.29, 1.82) is 0 Å². The number of nitrogens with one attached hydrogen (secondary N) is 1. The molecule has 0 saturated heterocycles. The topological polar surface area (TPSA) is 132 Å². The summed E-state index contributed by atoms with van der Waals surface area (Å²) < 4.78 is 38.5. The molecule has 12 nitrogen and oxygen atoms in total. The zero-order chi connectivity index (χ0) is 35.8. The lowest BCUT2D eigenvalue weighted by atomic mass is 9.91. The molecule has 0 spiro atoms. The van der Waals surface area contributed by atoms with Gasteiger partial charge in [0, 0.05) is 36.0 Å². The first-order valence-corrected chi connectivity index (χ1v) is 16.7. The van der Waals surface area contributed by atoms with Gasteiger partial charge >= 0.3 is 18.3 Å². The van der Waals surface area contributed by atoms with Crippen LogP contribution in [0.2, 0.25) is 5.02 Å². The van der Waals surface area contributed by atoms with Crippen LogP contribution in [0.25, 0.3) is 21.9 Å². The van der Waals surface area contributed by atoms with Crippen molar-refractivity contribution in [2.75, 3.05) is 30.4 Å². The number of halogens is 2. The van der Waals surface area contributed by atoms with Gasteiger partial charge in [0.2, 0.25) is 5.88 Å². The van der Waals surface area contributed by atoms with Crippen molar-refractivity contribution in [1.82, 2.24) is 14.9 Å². The summed E-state index contributed by atoms with van der Waals surface area (Å²) in [5, 5.41) is 3.31. The van der Waals surface area contributed by atoms with Gasteiger partial charge in [0.25, 0.3) is 0 Å². The molecule has 1 fully saturated rings. The third-order valence-corrected chi connectivity index (χ3v) is 8.61. The van der Waals surface area contributed by atoms with E-state index in [0.29, 0.717) is 40.4 Å². The number of fused-ring (bicyclic) bond motifs is 2. The zero-order valence-electron chi connectivity index (χ0n) is 29.1. The molecule has 2 aliphatic rings. The van der Waals surface area contributed by atoms with Crippen LogP contribution < -0.4 is 15.0 Å². The Bertz CT molecular complexity index is 1770. The number of aromatic nitrogens is 2. The number of likely N-dealkylation sites (N-methyl/N-ethyl adjacent to an activating group) is 1. The second-order valence-corrected chi connectivity index (χ2v) is 14.7. The van der Waals surface area contributed by atoms with Crippen molar-refractivity contribution < 1.29 is 37.7 Å². The SMILES string of the molecule is Cc1c(-c2cc3cc(NC(=O)O[C@H]4CCCC[C@@H]4N(C)C(=O)OC(C)(C)C)ncc3c(Cl)c2F)cnc2c1N(C(=O)OC(C)(C)C)CCO2. The van der Waals surface area contributed by atoms with Gasteiger partial charge in [-0.3, -0.25) is 10.2 Å². The molecule has 49 heavy (non-hydrogen) atoms. The highest BCUT2D eigenvalue weighted by Crippen LogP contribution is 2.42. The minimum atomic E-state index is -0.744. The molecule has 0 bridgehead atoms.